The Morgan fingerprint density at radius 1 is 1.03 bits per heavy atom. The number of nitrogens with zero attached hydrogens (tertiary/aromatic N) is 3. The predicted molar refractivity (Wildman–Crippen MR) is 121 cm³/mol. The minimum Gasteiger partial charge on any atom is -0.343 e. The minimum atomic E-state index is -4.33. The molecule has 174 valence electrons. The highest BCUT2D eigenvalue weighted by atomic mass is 32.2. The number of imidazole rings is 1. The van der Waals surface area contributed by atoms with E-state index in [2.05, 4.69) is 20.2 Å². The van der Waals surface area contributed by atoms with Crippen LogP contribution in [0.4, 0.5) is 18.9 Å². The van der Waals surface area contributed by atoms with Crippen molar-refractivity contribution in [2.45, 2.75) is 4.90 Å². The average molecular weight is 494 g/mol. The van der Waals surface area contributed by atoms with Crippen LogP contribution in [0.5, 0.6) is 0 Å². The summed E-state index contributed by atoms with van der Waals surface area (Å²) in [5, 5.41) is 15.9. The van der Waals surface area contributed by atoms with Crippen LogP contribution in [-0.2, 0) is 10.0 Å². The number of benzene rings is 3. The van der Waals surface area contributed by atoms with Crippen molar-refractivity contribution in [3.05, 3.63) is 83.9 Å². The second-order valence-electron chi connectivity index (χ2n) is 7.39. The Labute approximate surface area is 196 Å². The van der Waals surface area contributed by atoms with Gasteiger partial charge in [0.15, 0.2) is 17.5 Å². The van der Waals surface area contributed by atoms with Crippen molar-refractivity contribution in [3.63, 3.8) is 0 Å². The van der Waals surface area contributed by atoms with Gasteiger partial charge in [-0.2, -0.15) is 10.4 Å². The number of anilines is 1. The number of nitriles is 1. The quantitative estimate of drug-likeness (QED) is 0.326. The standard InChI is InChI=1S/C23H13F3N6O2S/c24-16-6-7-17(32-35(33,34)13-3-1-2-12(10-13)11-27)20(26)18(16)14-4-5-15-21(19(14)25)30-31-22(15)23-28-8-9-29-23/h1-10,32H,(H,28,29)(H,30,31). The lowest BCUT2D eigenvalue weighted by Crippen LogP contribution is -2.14. The Morgan fingerprint density at radius 2 is 1.86 bits per heavy atom. The first-order valence-corrected chi connectivity index (χ1v) is 11.5. The van der Waals surface area contributed by atoms with E-state index >= 15 is 8.78 Å². The van der Waals surface area contributed by atoms with Gasteiger partial charge in [0.25, 0.3) is 10.0 Å². The van der Waals surface area contributed by atoms with Crippen molar-refractivity contribution >= 4 is 26.6 Å². The Morgan fingerprint density at radius 3 is 2.60 bits per heavy atom. The molecule has 2 heterocycles. The van der Waals surface area contributed by atoms with E-state index in [1.807, 2.05) is 10.8 Å². The molecule has 0 fully saturated rings. The van der Waals surface area contributed by atoms with Crippen LogP contribution >= 0.6 is 0 Å². The number of sulfonamides is 1. The molecule has 0 aliphatic rings. The van der Waals surface area contributed by atoms with Crippen LogP contribution in [-0.4, -0.2) is 28.6 Å². The van der Waals surface area contributed by atoms with Gasteiger partial charge in [-0.3, -0.25) is 9.82 Å². The molecule has 0 unspecified atom stereocenters. The van der Waals surface area contributed by atoms with Crippen molar-refractivity contribution in [1.29, 1.82) is 5.26 Å². The van der Waals surface area contributed by atoms with Gasteiger partial charge in [0, 0.05) is 23.3 Å². The normalized spacial score (nSPS) is 11.5. The van der Waals surface area contributed by atoms with Gasteiger partial charge in [0.05, 0.1) is 27.8 Å². The highest BCUT2D eigenvalue weighted by molar-refractivity contribution is 7.92. The van der Waals surface area contributed by atoms with Crippen LogP contribution < -0.4 is 4.72 Å². The number of rotatable bonds is 5. The topological polar surface area (TPSA) is 127 Å². The molecule has 0 bridgehead atoms. The molecule has 3 aromatic carbocycles. The van der Waals surface area contributed by atoms with Gasteiger partial charge in [0.1, 0.15) is 17.0 Å². The third-order valence-electron chi connectivity index (χ3n) is 5.28. The van der Waals surface area contributed by atoms with Gasteiger partial charge in [-0.05, 0) is 36.4 Å². The molecule has 0 aliphatic heterocycles. The van der Waals surface area contributed by atoms with Crippen LogP contribution in [0.1, 0.15) is 5.56 Å². The van der Waals surface area contributed by atoms with Crippen molar-refractivity contribution in [2.75, 3.05) is 4.72 Å². The number of hydrogen-bond donors (Lipinski definition) is 3. The molecule has 0 saturated heterocycles. The van der Waals surface area contributed by atoms with Crippen LogP contribution in [0.3, 0.4) is 0 Å². The maximum atomic E-state index is 15.4. The summed E-state index contributed by atoms with van der Waals surface area (Å²) in [6.45, 7) is 0. The minimum absolute atomic E-state index is 0.0805. The van der Waals surface area contributed by atoms with Gasteiger partial charge in [-0.1, -0.05) is 12.1 Å². The van der Waals surface area contributed by atoms with E-state index in [1.165, 1.54) is 36.5 Å². The number of aromatic nitrogens is 4. The lowest BCUT2D eigenvalue weighted by Gasteiger charge is -2.13. The molecule has 3 N–H and O–H groups in total. The van der Waals surface area contributed by atoms with Crippen molar-refractivity contribution < 1.29 is 21.6 Å². The highest BCUT2D eigenvalue weighted by Gasteiger charge is 2.25. The van der Waals surface area contributed by atoms with Gasteiger partial charge in [-0.15, -0.1) is 0 Å². The molecule has 5 rings (SSSR count). The van der Waals surface area contributed by atoms with Crippen molar-refractivity contribution in [1.82, 2.24) is 20.2 Å². The molecule has 2 aromatic heterocycles. The number of fused-ring (bicyclic) bond motifs is 1. The summed E-state index contributed by atoms with van der Waals surface area (Å²) in [5.74, 6) is -3.01. The van der Waals surface area contributed by atoms with Crippen LogP contribution in [0.2, 0.25) is 0 Å². The van der Waals surface area contributed by atoms with E-state index < -0.39 is 44.3 Å². The van der Waals surface area contributed by atoms with Crippen molar-refractivity contribution in [2.24, 2.45) is 0 Å². The molecule has 12 heteroatoms. The van der Waals surface area contributed by atoms with Gasteiger partial charge < -0.3 is 4.98 Å². The summed E-state index contributed by atoms with van der Waals surface area (Å²) < 4.78 is 73.0. The second-order valence-corrected chi connectivity index (χ2v) is 9.07. The molecule has 0 amide bonds. The van der Waals surface area contributed by atoms with E-state index in [1.54, 1.807) is 6.20 Å². The van der Waals surface area contributed by atoms with Crippen LogP contribution in [0, 0.1) is 28.8 Å². The highest BCUT2D eigenvalue weighted by Crippen LogP contribution is 2.37. The summed E-state index contributed by atoms with van der Waals surface area (Å²) in [6.07, 6.45) is 3.06. The molecule has 0 aliphatic carbocycles. The molecule has 0 saturated carbocycles. The SMILES string of the molecule is N#Cc1cccc(S(=O)(=O)Nc2ccc(F)c(-c3ccc4c(-c5ncc[nH]5)n[nH]c4c3F)c2F)c1. The van der Waals surface area contributed by atoms with Crippen molar-refractivity contribution in [3.8, 4) is 28.7 Å². The number of aromatic amines is 2. The third-order valence-corrected chi connectivity index (χ3v) is 6.64. The Hall–Kier alpha value is -4.63. The number of hydrogen-bond acceptors (Lipinski definition) is 5. The molecular formula is C23H13F3N6O2S. The summed E-state index contributed by atoms with van der Waals surface area (Å²) >= 11 is 0. The van der Waals surface area contributed by atoms with E-state index in [0.29, 0.717) is 16.9 Å². The maximum Gasteiger partial charge on any atom is 0.262 e. The summed E-state index contributed by atoms with van der Waals surface area (Å²) in [7, 11) is -4.33. The summed E-state index contributed by atoms with van der Waals surface area (Å²) in [6, 6.07) is 11.2. The zero-order valence-electron chi connectivity index (χ0n) is 17.5. The summed E-state index contributed by atoms with van der Waals surface area (Å²) in [4.78, 5) is 6.62. The zero-order chi connectivity index (χ0) is 24.7. The number of halogens is 3. The number of nitrogens with one attached hydrogen (secondary N) is 3. The fourth-order valence-electron chi connectivity index (χ4n) is 3.64. The first-order chi connectivity index (χ1) is 16.8. The fourth-order valence-corrected chi connectivity index (χ4v) is 4.74. The monoisotopic (exact) mass is 494 g/mol. The molecular weight excluding hydrogens is 481 g/mol. The lowest BCUT2D eigenvalue weighted by atomic mass is 10.0. The van der Waals surface area contributed by atoms with E-state index in [4.69, 9.17) is 5.26 Å². The van der Waals surface area contributed by atoms with E-state index in [-0.39, 0.29) is 16.0 Å². The molecule has 8 nitrogen and oxygen atoms in total. The van der Waals surface area contributed by atoms with Crippen LogP contribution in [0.15, 0.2) is 65.8 Å². The average Bonchev–Trinajstić information content (AvgIpc) is 3.52. The fraction of sp³-hybridized carbons (Fsp3) is 0. The first kappa shape index (κ1) is 22.2. The smallest absolute Gasteiger partial charge is 0.262 e. The second kappa shape index (κ2) is 8.30. The van der Waals surface area contributed by atoms with Gasteiger partial charge >= 0.3 is 0 Å². The zero-order valence-corrected chi connectivity index (χ0v) is 18.3. The lowest BCUT2D eigenvalue weighted by molar-refractivity contribution is 0.583. The molecule has 0 atom stereocenters. The van der Waals surface area contributed by atoms with E-state index in [0.717, 1.165) is 18.2 Å². The molecule has 0 radical (unpaired) electrons. The van der Waals surface area contributed by atoms with Gasteiger partial charge in [0.2, 0.25) is 0 Å². The molecule has 35 heavy (non-hydrogen) atoms. The maximum absolute atomic E-state index is 15.4. The summed E-state index contributed by atoms with van der Waals surface area (Å²) in [5.41, 5.74) is -1.50. The van der Waals surface area contributed by atoms with Crippen LogP contribution in [0.25, 0.3) is 33.5 Å². The first-order valence-electron chi connectivity index (χ1n) is 9.98. The predicted octanol–water partition coefficient (Wildman–Crippen LogP) is 4.71. The largest absolute Gasteiger partial charge is 0.343 e. The Bertz CT molecular complexity index is 1740. The Balaban J connectivity index is 1.59. The number of H-pyrrole nitrogens is 2. The Kier molecular flexibility index (Phi) is 5.26. The molecule has 5 aromatic rings. The molecule has 0 spiro atoms. The van der Waals surface area contributed by atoms with Gasteiger partial charge in [-0.25, -0.2) is 26.6 Å². The van der Waals surface area contributed by atoms with E-state index in [9.17, 15) is 12.8 Å². The third kappa shape index (κ3) is 3.77.